The number of rotatable bonds is 3. The van der Waals surface area contributed by atoms with Gasteiger partial charge in [0.25, 0.3) is 11.8 Å². The van der Waals surface area contributed by atoms with Crippen LogP contribution in [0.1, 0.15) is 17.5 Å². The summed E-state index contributed by atoms with van der Waals surface area (Å²) in [6, 6.07) is 11.7. The molecule has 2 atom stereocenters. The van der Waals surface area contributed by atoms with Crippen molar-refractivity contribution in [1.29, 1.82) is 0 Å². The second-order valence-corrected chi connectivity index (χ2v) is 5.36. The Hall–Kier alpha value is -3.24. The summed E-state index contributed by atoms with van der Waals surface area (Å²) >= 11 is 0. The van der Waals surface area contributed by atoms with Crippen LogP contribution in [-0.4, -0.2) is 24.8 Å². The molecule has 2 heterocycles. The zero-order valence-corrected chi connectivity index (χ0v) is 13.0. The molecule has 2 amide bonds. The molecule has 120 valence electrons. The summed E-state index contributed by atoms with van der Waals surface area (Å²) < 4.78 is 6.84. The molecule has 0 saturated carbocycles. The van der Waals surface area contributed by atoms with Crippen molar-refractivity contribution in [2.75, 3.05) is 7.11 Å². The van der Waals surface area contributed by atoms with Gasteiger partial charge in [-0.05, 0) is 17.7 Å². The lowest BCUT2D eigenvalue weighted by Crippen LogP contribution is -2.57. The Labute approximate surface area is 138 Å². The molecule has 1 aliphatic rings. The predicted molar refractivity (Wildman–Crippen MR) is 86.4 cm³/mol. The molecule has 0 bridgehead atoms. The van der Waals surface area contributed by atoms with Crippen LogP contribution in [0, 0.1) is 0 Å². The first-order valence-corrected chi connectivity index (χ1v) is 7.37. The molecule has 0 aliphatic carbocycles. The van der Waals surface area contributed by atoms with E-state index in [2.05, 4.69) is 5.32 Å². The predicted octanol–water partition coefficient (Wildman–Crippen LogP) is 1.13. The van der Waals surface area contributed by atoms with Crippen LogP contribution in [0.5, 0.6) is 5.75 Å². The molecule has 1 aliphatic heterocycles. The number of nitrogens with one attached hydrogen (secondary N) is 1. The fourth-order valence-electron chi connectivity index (χ4n) is 2.89. The van der Waals surface area contributed by atoms with Crippen LogP contribution in [-0.2, 0) is 9.59 Å². The maximum absolute atomic E-state index is 12.5. The lowest BCUT2D eigenvalue weighted by molar-refractivity contribution is -0.711. The minimum absolute atomic E-state index is 0.0149. The van der Waals surface area contributed by atoms with Gasteiger partial charge in [0.1, 0.15) is 5.75 Å². The Morgan fingerprint density at radius 2 is 1.79 bits per heavy atom. The van der Waals surface area contributed by atoms with Crippen molar-refractivity contribution >= 4 is 17.7 Å². The first-order chi connectivity index (χ1) is 11.7. The standard InChI is InChI=1S/C18H15N3O3/c1-24-13-7-5-12(6-8-13)15-14(11-19)17(22)20-18(23)16(15)21-9-3-2-4-10-21/h2-10,15-16H,1H3,(H,20,22,23)/t15-,16+/m0/s1. The highest BCUT2D eigenvalue weighted by molar-refractivity contribution is 6.14. The molecule has 0 radical (unpaired) electrons. The van der Waals surface area contributed by atoms with Crippen molar-refractivity contribution in [1.82, 2.24) is 5.32 Å². The van der Waals surface area contributed by atoms with E-state index in [1.54, 1.807) is 60.5 Å². The van der Waals surface area contributed by atoms with Crippen LogP contribution in [0.15, 0.2) is 60.4 Å². The molecule has 6 heteroatoms. The molecular formula is C18H15N3O3. The number of ether oxygens (including phenoxy) is 1. The molecule has 1 aromatic heterocycles. The molecular weight excluding hydrogens is 306 g/mol. The number of methoxy groups -OCH3 is 1. The molecule has 0 unspecified atom stereocenters. The molecule has 1 fully saturated rings. The normalized spacial score (nSPS) is 20.3. The van der Waals surface area contributed by atoms with Crippen LogP contribution in [0.4, 0.5) is 0 Å². The fourth-order valence-corrected chi connectivity index (χ4v) is 2.89. The number of amides is 2. The average Bonchev–Trinajstić information content (AvgIpc) is 2.62. The number of nitrogens with zero attached hydrogens (tertiary/aromatic N) is 2. The third-order valence-electron chi connectivity index (χ3n) is 4.03. The van der Waals surface area contributed by atoms with Gasteiger partial charge in [-0.1, -0.05) is 18.2 Å². The van der Waals surface area contributed by atoms with Crippen molar-refractivity contribution < 1.29 is 18.9 Å². The Balaban J connectivity index is 2.14. The van der Waals surface area contributed by atoms with E-state index in [4.69, 9.17) is 4.74 Å². The first-order valence-electron chi connectivity index (χ1n) is 7.37. The number of aromatic nitrogens is 1. The highest BCUT2D eigenvalue weighted by atomic mass is 16.5. The van der Waals surface area contributed by atoms with Crippen molar-refractivity contribution in [2.45, 2.75) is 12.0 Å². The number of hydrogen-bond acceptors (Lipinski definition) is 3. The van der Waals surface area contributed by atoms with Gasteiger partial charge in [0.15, 0.2) is 12.4 Å². The lowest BCUT2D eigenvalue weighted by atomic mass is 9.81. The van der Waals surface area contributed by atoms with Gasteiger partial charge < -0.3 is 10.1 Å². The van der Waals surface area contributed by atoms with Crippen molar-refractivity contribution in [3.63, 3.8) is 0 Å². The smallest absolute Gasteiger partial charge is 0.296 e. The van der Waals surface area contributed by atoms with Gasteiger partial charge in [-0.2, -0.15) is 4.57 Å². The second-order valence-electron chi connectivity index (χ2n) is 5.36. The Kier molecular flexibility index (Phi) is 4.22. The number of benzene rings is 1. The van der Waals surface area contributed by atoms with Gasteiger partial charge in [0.2, 0.25) is 6.04 Å². The number of carbonyl (C=O) groups excluding carboxylic acids is 2. The number of pyridine rings is 1. The van der Waals surface area contributed by atoms with E-state index in [1.807, 2.05) is 11.9 Å². The van der Waals surface area contributed by atoms with Gasteiger partial charge in [-0.25, -0.2) is 0 Å². The molecule has 1 saturated heterocycles. The quantitative estimate of drug-likeness (QED) is 0.398. The number of hydrogen-bond donors (Lipinski definition) is 1. The molecule has 1 N–H and O–H groups in total. The summed E-state index contributed by atoms with van der Waals surface area (Å²) in [6.07, 6.45) is 3.48. The summed E-state index contributed by atoms with van der Waals surface area (Å²) in [5.74, 6) is 0.884. The topological polar surface area (TPSA) is 81.6 Å². The van der Waals surface area contributed by atoms with Crippen molar-refractivity contribution in [3.8, 4) is 5.75 Å². The van der Waals surface area contributed by atoms with Gasteiger partial charge >= 0.3 is 0 Å². The first kappa shape index (κ1) is 15.6. The number of imide groups is 1. The van der Waals surface area contributed by atoms with Crippen LogP contribution in [0.2, 0.25) is 0 Å². The minimum atomic E-state index is -0.716. The van der Waals surface area contributed by atoms with E-state index >= 15 is 0 Å². The minimum Gasteiger partial charge on any atom is -0.763 e. The van der Waals surface area contributed by atoms with Gasteiger partial charge in [-0.3, -0.25) is 20.8 Å². The number of carbonyl (C=O) groups is 2. The molecule has 2 aromatic rings. The largest absolute Gasteiger partial charge is 0.763 e. The van der Waals surface area contributed by atoms with Gasteiger partial charge in [0.05, 0.1) is 18.6 Å². The fraction of sp³-hybridized carbons (Fsp3) is 0.167. The Morgan fingerprint density at radius 1 is 1.12 bits per heavy atom. The second kappa shape index (κ2) is 6.48. The molecule has 6 nitrogen and oxygen atoms in total. The van der Waals surface area contributed by atoms with Crippen LogP contribution < -0.4 is 14.6 Å². The van der Waals surface area contributed by atoms with Crippen LogP contribution in [0.3, 0.4) is 0 Å². The van der Waals surface area contributed by atoms with E-state index in [0.29, 0.717) is 11.3 Å². The Morgan fingerprint density at radius 3 is 2.38 bits per heavy atom. The molecule has 0 spiro atoms. The van der Waals surface area contributed by atoms with Crippen molar-refractivity contribution in [3.05, 3.63) is 71.4 Å². The molecule has 24 heavy (non-hydrogen) atoms. The zero-order chi connectivity index (χ0) is 17.1. The Bertz CT molecular complexity index is 824. The van der Waals surface area contributed by atoms with E-state index in [0.717, 1.165) is 0 Å². The van der Waals surface area contributed by atoms with Crippen LogP contribution in [0.25, 0.3) is 5.41 Å². The summed E-state index contributed by atoms with van der Waals surface area (Å²) in [5, 5.41) is 11.7. The maximum atomic E-state index is 12.5. The maximum Gasteiger partial charge on any atom is 0.296 e. The number of piperidine rings is 1. The van der Waals surface area contributed by atoms with Crippen molar-refractivity contribution in [2.24, 2.45) is 0 Å². The molecule has 1 aromatic carbocycles. The highest BCUT2D eigenvalue weighted by Gasteiger charge is 2.46. The summed E-state index contributed by atoms with van der Waals surface area (Å²) in [7, 11) is 1.56. The van der Waals surface area contributed by atoms with Gasteiger partial charge in [0, 0.05) is 12.1 Å². The zero-order valence-electron chi connectivity index (χ0n) is 13.0. The van der Waals surface area contributed by atoms with Gasteiger partial charge in [-0.15, -0.1) is 0 Å². The van der Waals surface area contributed by atoms with E-state index in [-0.39, 0.29) is 5.57 Å². The molecule has 3 rings (SSSR count). The van der Waals surface area contributed by atoms with E-state index in [1.165, 1.54) is 0 Å². The third-order valence-corrected chi connectivity index (χ3v) is 4.03. The summed E-state index contributed by atoms with van der Waals surface area (Å²) in [5.41, 5.74) is 0.720. The monoisotopic (exact) mass is 321 g/mol. The van der Waals surface area contributed by atoms with E-state index < -0.39 is 23.8 Å². The average molecular weight is 321 g/mol. The third kappa shape index (κ3) is 2.71. The summed E-state index contributed by atoms with van der Waals surface area (Å²) in [6.45, 7) is 0. The SMILES string of the molecule is COc1ccc([C@H]2C(=C=[N-])C(=O)NC(=O)[C@@H]2[n+]2ccccc2)cc1. The lowest BCUT2D eigenvalue weighted by Gasteiger charge is -2.28. The van der Waals surface area contributed by atoms with E-state index in [9.17, 15) is 15.0 Å². The summed E-state index contributed by atoms with van der Waals surface area (Å²) in [4.78, 5) is 24.6. The van der Waals surface area contributed by atoms with Crippen LogP contribution >= 0.6 is 0 Å². The highest BCUT2D eigenvalue weighted by Crippen LogP contribution is 2.35.